The van der Waals surface area contributed by atoms with Crippen molar-refractivity contribution in [2.45, 2.75) is 44.9 Å². The van der Waals surface area contributed by atoms with Crippen LogP contribution in [0.15, 0.2) is 17.5 Å². The van der Waals surface area contributed by atoms with Gasteiger partial charge in [0.05, 0.1) is 19.1 Å². The van der Waals surface area contributed by atoms with Gasteiger partial charge in [0, 0.05) is 4.88 Å². The minimum Gasteiger partial charge on any atom is -0.468 e. The quantitative estimate of drug-likeness (QED) is 0.868. The number of carbonyl (C=O) groups excluding carboxylic acids is 2. The van der Waals surface area contributed by atoms with Crippen LogP contribution in [0.3, 0.4) is 0 Å². The molecule has 1 aromatic rings. The number of carbonyl (C=O) groups is 2. The summed E-state index contributed by atoms with van der Waals surface area (Å²) in [5, 5.41) is 5.15. The van der Waals surface area contributed by atoms with Gasteiger partial charge in [-0.25, -0.2) is 0 Å². The Morgan fingerprint density at radius 3 is 2.57 bits per heavy atom. The third-order valence-electron chi connectivity index (χ3n) is 3.32. The van der Waals surface area contributed by atoms with E-state index in [1.54, 1.807) is 11.3 Å². The number of methoxy groups -OCH3 is 1. The van der Waals surface area contributed by atoms with E-state index >= 15 is 0 Å². The molecule has 5 nitrogen and oxygen atoms in total. The molecule has 0 unspecified atom stereocenters. The van der Waals surface area contributed by atoms with E-state index in [0.717, 1.165) is 4.88 Å². The van der Waals surface area contributed by atoms with E-state index in [9.17, 15) is 9.59 Å². The summed E-state index contributed by atoms with van der Waals surface area (Å²) in [6.45, 7) is 5.52. The number of nitrogens with one attached hydrogen (secondary N) is 1. The molecule has 0 bridgehead atoms. The number of esters is 2. The van der Waals surface area contributed by atoms with Crippen LogP contribution in [0, 0.1) is 5.92 Å². The highest BCUT2D eigenvalue weighted by Gasteiger charge is 2.44. The number of hydrogen-bond acceptors (Lipinski definition) is 6. The van der Waals surface area contributed by atoms with E-state index in [-0.39, 0.29) is 23.9 Å². The molecule has 1 aromatic heterocycles. The van der Waals surface area contributed by atoms with Gasteiger partial charge in [0.2, 0.25) is 0 Å². The number of thiophene rings is 1. The van der Waals surface area contributed by atoms with Crippen LogP contribution in [0.25, 0.3) is 0 Å². The van der Waals surface area contributed by atoms with Gasteiger partial charge in [-0.3, -0.25) is 14.9 Å². The third-order valence-corrected chi connectivity index (χ3v) is 4.27. The van der Waals surface area contributed by atoms with Crippen LogP contribution in [0.5, 0.6) is 0 Å². The zero-order chi connectivity index (χ0) is 15.6. The maximum absolute atomic E-state index is 12.4. The van der Waals surface area contributed by atoms with Crippen LogP contribution in [0.1, 0.15) is 38.1 Å². The number of hydrogen-bond donors (Lipinski definition) is 1. The SMILES string of the molecule is COC(=O)[C@@H]1C[C@H](C(=O)OC(C)(C)C)[C@H](c2cccs2)N1. The summed E-state index contributed by atoms with van der Waals surface area (Å²) in [5.74, 6) is -1.01. The Balaban J connectivity index is 2.19. The smallest absolute Gasteiger partial charge is 0.322 e. The molecule has 0 radical (unpaired) electrons. The van der Waals surface area contributed by atoms with Crippen LogP contribution >= 0.6 is 11.3 Å². The highest BCUT2D eigenvalue weighted by atomic mass is 32.1. The van der Waals surface area contributed by atoms with Crippen LogP contribution < -0.4 is 5.32 Å². The Labute approximate surface area is 128 Å². The molecule has 0 saturated carbocycles. The second-order valence-electron chi connectivity index (χ2n) is 6.11. The average molecular weight is 311 g/mol. The third kappa shape index (κ3) is 3.83. The lowest BCUT2D eigenvalue weighted by Gasteiger charge is -2.24. The van der Waals surface area contributed by atoms with Gasteiger partial charge in [0.1, 0.15) is 11.6 Å². The molecule has 0 spiro atoms. The monoisotopic (exact) mass is 311 g/mol. The molecule has 2 rings (SSSR count). The van der Waals surface area contributed by atoms with Crippen molar-refractivity contribution in [3.8, 4) is 0 Å². The van der Waals surface area contributed by atoms with Crippen molar-refractivity contribution < 1.29 is 19.1 Å². The zero-order valence-electron chi connectivity index (χ0n) is 12.7. The molecule has 3 atom stereocenters. The minimum absolute atomic E-state index is 0.205. The summed E-state index contributed by atoms with van der Waals surface area (Å²) in [6.07, 6.45) is 0.393. The van der Waals surface area contributed by atoms with Crippen LogP contribution in [-0.4, -0.2) is 30.7 Å². The Kier molecular flexibility index (Phi) is 4.68. The van der Waals surface area contributed by atoms with Crippen molar-refractivity contribution in [2.24, 2.45) is 5.92 Å². The molecule has 1 N–H and O–H groups in total. The van der Waals surface area contributed by atoms with Gasteiger partial charge in [-0.2, -0.15) is 0 Å². The Bertz CT molecular complexity index is 506. The fraction of sp³-hybridized carbons (Fsp3) is 0.600. The molecule has 0 aromatic carbocycles. The maximum atomic E-state index is 12.4. The molecule has 21 heavy (non-hydrogen) atoms. The molecule has 0 aliphatic carbocycles. The summed E-state index contributed by atoms with van der Waals surface area (Å²) < 4.78 is 10.3. The van der Waals surface area contributed by atoms with Gasteiger partial charge in [-0.1, -0.05) is 6.07 Å². The highest BCUT2D eigenvalue weighted by Crippen LogP contribution is 2.36. The second-order valence-corrected chi connectivity index (χ2v) is 7.09. The minimum atomic E-state index is -0.541. The molecule has 0 amide bonds. The molecule has 1 aliphatic rings. The molecule has 116 valence electrons. The fourth-order valence-corrected chi connectivity index (χ4v) is 3.31. The van der Waals surface area contributed by atoms with E-state index in [1.165, 1.54) is 7.11 Å². The van der Waals surface area contributed by atoms with E-state index < -0.39 is 11.6 Å². The summed E-state index contributed by atoms with van der Waals surface area (Å²) in [7, 11) is 1.35. The van der Waals surface area contributed by atoms with Gasteiger partial charge < -0.3 is 9.47 Å². The predicted molar refractivity (Wildman–Crippen MR) is 80.0 cm³/mol. The number of rotatable bonds is 3. The van der Waals surface area contributed by atoms with Gasteiger partial charge in [-0.05, 0) is 38.6 Å². The highest BCUT2D eigenvalue weighted by molar-refractivity contribution is 7.10. The summed E-state index contributed by atoms with van der Waals surface area (Å²) in [4.78, 5) is 25.2. The predicted octanol–water partition coefficient (Wildman–Crippen LogP) is 2.28. The van der Waals surface area contributed by atoms with Gasteiger partial charge in [0.25, 0.3) is 0 Å². The van der Waals surface area contributed by atoms with Crippen molar-refractivity contribution in [3.05, 3.63) is 22.4 Å². The first-order valence-corrected chi connectivity index (χ1v) is 7.80. The summed E-state index contributed by atoms with van der Waals surface area (Å²) in [6, 6.07) is 3.21. The lowest BCUT2D eigenvalue weighted by molar-refractivity contribution is -0.160. The standard InChI is InChI=1S/C15H21NO4S/c1-15(2,3)20-13(17)9-8-10(14(18)19-4)16-12(9)11-6-5-7-21-11/h5-7,9-10,12,16H,8H2,1-4H3/t9-,10-,12+/m0/s1. The van der Waals surface area contributed by atoms with Crippen molar-refractivity contribution in [1.29, 1.82) is 0 Å². The van der Waals surface area contributed by atoms with E-state index in [2.05, 4.69) is 5.32 Å². The normalized spacial score (nSPS) is 25.6. The van der Waals surface area contributed by atoms with Gasteiger partial charge in [-0.15, -0.1) is 11.3 Å². The first-order chi connectivity index (χ1) is 9.81. The van der Waals surface area contributed by atoms with Crippen LogP contribution in [-0.2, 0) is 19.1 Å². The average Bonchev–Trinajstić information content (AvgIpc) is 3.04. The van der Waals surface area contributed by atoms with Crippen molar-refractivity contribution in [2.75, 3.05) is 7.11 Å². The van der Waals surface area contributed by atoms with Crippen molar-refractivity contribution >= 4 is 23.3 Å². The molecule has 2 heterocycles. The molecular weight excluding hydrogens is 290 g/mol. The Morgan fingerprint density at radius 1 is 1.33 bits per heavy atom. The maximum Gasteiger partial charge on any atom is 0.322 e. The molecular formula is C15H21NO4S. The van der Waals surface area contributed by atoms with Crippen molar-refractivity contribution in [1.82, 2.24) is 5.32 Å². The first kappa shape index (κ1) is 16.0. The molecule has 1 saturated heterocycles. The zero-order valence-corrected chi connectivity index (χ0v) is 13.5. The lowest BCUT2D eigenvalue weighted by atomic mass is 9.97. The Morgan fingerprint density at radius 2 is 2.05 bits per heavy atom. The van der Waals surface area contributed by atoms with Crippen LogP contribution in [0.2, 0.25) is 0 Å². The molecule has 6 heteroatoms. The largest absolute Gasteiger partial charge is 0.468 e. The fourth-order valence-electron chi connectivity index (χ4n) is 2.46. The van der Waals surface area contributed by atoms with E-state index in [0.29, 0.717) is 6.42 Å². The summed E-state index contributed by atoms with van der Waals surface area (Å²) in [5.41, 5.74) is -0.541. The molecule has 1 fully saturated rings. The lowest BCUT2D eigenvalue weighted by Crippen LogP contribution is -2.33. The van der Waals surface area contributed by atoms with Crippen LogP contribution in [0.4, 0.5) is 0 Å². The van der Waals surface area contributed by atoms with Crippen molar-refractivity contribution in [3.63, 3.8) is 0 Å². The van der Waals surface area contributed by atoms with Gasteiger partial charge >= 0.3 is 11.9 Å². The van der Waals surface area contributed by atoms with Gasteiger partial charge in [0.15, 0.2) is 0 Å². The van der Waals surface area contributed by atoms with E-state index in [1.807, 2.05) is 38.3 Å². The molecule has 1 aliphatic heterocycles. The Hall–Kier alpha value is -1.40. The topological polar surface area (TPSA) is 64.6 Å². The van der Waals surface area contributed by atoms with E-state index in [4.69, 9.17) is 9.47 Å². The summed E-state index contributed by atoms with van der Waals surface area (Å²) >= 11 is 1.56. The second kappa shape index (κ2) is 6.15. The number of ether oxygens (including phenoxy) is 2. The first-order valence-electron chi connectivity index (χ1n) is 6.92.